The molecule has 26 heavy (non-hydrogen) atoms. The largest absolute Gasteiger partial charge is 0.489 e. The summed E-state index contributed by atoms with van der Waals surface area (Å²) in [6, 6.07) is 12.9. The summed E-state index contributed by atoms with van der Waals surface area (Å²) in [5.41, 5.74) is 3.22. The minimum Gasteiger partial charge on any atom is -0.489 e. The molecule has 2 amide bonds. The van der Waals surface area contributed by atoms with E-state index >= 15 is 0 Å². The lowest BCUT2D eigenvalue weighted by Crippen LogP contribution is -2.30. The standard InChI is InChI=1S/C21H26N2O3/c1-5-15-10-9-11-16(6-2)19(15)23-21(25)20(24)22-17-12-7-8-13-18(17)26-14(3)4/h7-14H,5-6H2,1-4H3,(H,22,24)(H,23,25). The van der Waals surface area contributed by atoms with Crippen molar-refractivity contribution in [3.63, 3.8) is 0 Å². The van der Waals surface area contributed by atoms with Gasteiger partial charge in [0.2, 0.25) is 0 Å². The second-order valence-electron chi connectivity index (χ2n) is 6.23. The van der Waals surface area contributed by atoms with Crippen molar-refractivity contribution in [3.8, 4) is 5.75 Å². The number of carbonyl (C=O) groups excluding carboxylic acids is 2. The lowest BCUT2D eigenvalue weighted by molar-refractivity contribution is -0.133. The number of amides is 2. The van der Waals surface area contributed by atoms with Crippen LogP contribution >= 0.6 is 0 Å². The highest BCUT2D eigenvalue weighted by molar-refractivity contribution is 6.44. The average Bonchev–Trinajstić information content (AvgIpc) is 2.62. The zero-order chi connectivity index (χ0) is 19.1. The van der Waals surface area contributed by atoms with E-state index in [0.29, 0.717) is 11.4 Å². The molecule has 2 aromatic rings. The number of para-hydroxylation sites is 3. The first-order valence-corrected chi connectivity index (χ1v) is 8.95. The molecule has 0 saturated carbocycles. The van der Waals surface area contributed by atoms with Gasteiger partial charge in [0.05, 0.1) is 11.8 Å². The van der Waals surface area contributed by atoms with Crippen LogP contribution in [0.1, 0.15) is 38.8 Å². The minimum atomic E-state index is -0.724. The summed E-state index contributed by atoms with van der Waals surface area (Å²) < 4.78 is 5.67. The van der Waals surface area contributed by atoms with E-state index in [1.807, 2.05) is 52.0 Å². The van der Waals surface area contributed by atoms with Crippen LogP contribution in [0.25, 0.3) is 0 Å². The summed E-state index contributed by atoms with van der Waals surface area (Å²) in [6.45, 7) is 7.84. The van der Waals surface area contributed by atoms with E-state index in [1.54, 1.807) is 18.2 Å². The van der Waals surface area contributed by atoms with Gasteiger partial charge in [0.1, 0.15) is 5.75 Å². The quantitative estimate of drug-likeness (QED) is 0.765. The zero-order valence-corrected chi connectivity index (χ0v) is 15.8. The van der Waals surface area contributed by atoms with Crippen molar-refractivity contribution in [2.24, 2.45) is 0 Å². The fraction of sp³-hybridized carbons (Fsp3) is 0.333. The van der Waals surface area contributed by atoms with Crippen molar-refractivity contribution in [2.45, 2.75) is 46.6 Å². The Bertz CT molecular complexity index is 762. The van der Waals surface area contributed by atoms with Crippen molar-refractivity contribution in [1.82, 2.24) is 0 Å². The number of carbonyl (C=O) groups is 2. The highest BCUT2D eigenvalue weighted by Crippen LogP contribution is 2.25. The van der Waals surface area contributed by atoms with Gasteiger partial charge >= 0.3 is 11.8 Å². The minimum absolute atomic E-state index is 0.0366. The highest BCUT2D eigenvalue weighted by Gasteiger charge is 2.18. The molecule has 0 atom stereocenters. The molecule has 5 heteroatoms. The maximum absolute atomic E-state index is 12.4. The maximum Gasteiger partial charge on any atom is 0.314 e. The first kappa shape index (κ1) is 19.5. The first-order valence-electron chi connectivity index (χ1n) is 8.95. The second-order valence-corrected chi connectivity index (χ2v) is 6.23. The molecule has 5 nitrogen and oxygen atoms in total. The number of hydrogen-bond acceptors (Lipinski definition) is 3. The summed E-state index contributed by atoms with van der Waals surface area (Å²) in [6.07, 6.45) is 1.51. The van der Waals surface area contributed by atoms with Crippen LogP contribution in [0.3, 0.4) is 0 Å². The number of nitrogens with one attached hydrogen (secondary N) is 2. The summed E-state index contributed by atoms with van der Waals surface area (Å²) in [7, 11) is 0. The molecule has 0 unspecified atom stereocenters. The van der Waals surface area contributed by atoms with Gasteiger partial charge < -0.3 is 15.4 Å². The molecule has 2 N–H and O–H groups in total. The fourth-order valence-corrected chi connectivity index (χ4v) is 2.68. The van der Waals surface area contributed by atoms with Crippen LogP contribution in [0.15, 0.2) is 42.5 Å². The third-order valence-electron chi connectivity index (χ3n) is 3.94. The molecule has 2 rings (SSSR count). The molecule has 0 aliphatic heterocycles. The second kappa shape index (κ2) is 9.04. The predicted octanol–water partition coefficient (Wildman–Crippen LogP) is 4.18. The molecule has 0 heterocycles. The van der Waals surface area contributed by atoms with E-state index in [2.05, 4.69) is 10.6 Å². The fourth-order valence-electron chi connectivity index (χ4n) is 2.68. The number of benzene rings is 2. The normalized spacial score (nSPS) is 10.5. The zero-order valence-electron chi connectivity index (χ0n) is 15.8. The van der Waals surface area contributed by atoms with E-state index in [0.717, 1.165) is 29.7 Å². The Hall–Kier alpha value is -2.82. The molecular weight excluding hydrogens is 328 g/mol. The van der Waals surface area contributed by atoms with Gasteiger partial charge in [-0.1, -0.05) is 44.2 Å². The monoisotopic (exact) mass is 354 g/mol. The van der Waals surface area contributed by atoms with Crippen molar-refractivity contribution in [2.75, 3.05) is 10.6 Å². The highest BCUT2D eigenvalue weighted by atomic mass is 16.5. The van der Waals surface area contributed by atoms with E-state index in [1.165, 1.54) is 0 Å². The van der Waals surface area contributed by atoms with Crippen LogP contribution in [-0.2, 0) is 22.4 Å². The van der Waals surface area contributed by atoms with E-state index in [4.69, 9.17) is 4.74 Å². The van der Waals surface area contributed by atoms with Gasteiger partial charge in [-0.15, -0.1) is 0 Å². The summed E-state index contributed by atoms with van der Waals surface area (Å²) in [4.78, 5) is 24.8. The number of anilines is 2. The van der Waals surface area contributed by atoms with Crippen LogP contribution in [-0.4, -0.2) is 17.9 Å². The van der Waals surface area contributed by atoms with Crippen molar-refractivity contribution < 1.29 is 14.3 Å². The summed E-state index contributed by atoms with van der Waals surface area (Å²) >= 11 is 0. The molecule has 138 valence electrons. The Morgan fingerprint density at radius 1 is 0.885 bits per heavy atom. The lowest BCUT2D eigenvalue weighted by atomic mass is 10.0. The van der Waals surface area contributed by atoms with Gasteiger partial charge in [0.15, 0.2) is 0 Å². The van der Waals surface area contributed by atoms with Crippen LogP contribution in [0.4, 0.5) is 11.4 Å². The van der Waals surface area contributed by atoms with Gasteiger partial charge in [-0.3, -0.25) is 9.59 Å². The lowest BCUT2D eigenvalue weighted by Gasteiger charge is -2.16. The molecule has 0 radical (unpaired) electrons. The van der Waals surface area contributed by atoms with Crippen LogP contribution in [0.5, 0.6) is 5.75 Å². The molecule has 0 spiro atoms. The number of ether oxygens (including phenoxy) is 1. The summed E-state index contributed by atoms with van der Waals surface area (Å²) in [5.74, 6) is -0.885. The third kappa shape index (κ3) is 4.85. The molecular formula is C21H26N2O3. The van der Waals surface area contributed by atoms with E-state index in [9.17, 15) is 9.59 Å². The average molecular weight is 354 g/mol. The smallest absolute Gasteiger partial charge is 0.314 e. The molecule has 0 fully saturated rings. The Kier molecular flexibility index (Phi) is 6.78. The number of hydrogen-bond donors (Lipinski definition) is 2. The SMILES string of the molecule is CCc1cccc(CC)c1NC(=O)C(=O)Nc1ccccc1OC(C)C. The van der Waals surface area contributed by atoms with Crippen molar-refractivity contribution >= 4 is 23.2 Å². The molecule has 0 aromatic heterocycles. The van der Waals surface area contributed by atoms with E-state index in [-0.39, 0.29) is 6.10 Å². The Labute approximate surface area is 154 Å². The number of rotatable bonds is 6. The van der Waals surface area contributed by atoms with Gasteiger partial charge in [0.25, 0.3) is 0 Å². The molecule has 0 saturated heterocycles. The first-order chi connectivity index (χ1) is 12.5. The third-order valence-corrected chi connectivity index (χ3v) is 3.94. The van der Waals surface area contributed by atoms with Crippen LogP contribution in [0, 0.1) is 0 Å². The summed E-state index contributed by atoms with van der Waals surface area (Å²) in [5, 5.41) is 5.40. The Morgan fingerprint density at radius 2 is 1.46 bits per heavy atom. The van der Waals surface area contributed by atoms with Crippen molar-refractivity contribution in [3.05, 3.63) is 53.6 Å². The van der Waals surface area contributed by atoms with Crippen molar-refractivity contribution in [1.29, 1.82) is 0 Å². The van der Waals surface area contributed by atoms with E-state index < -0.39 is 11.8 Å². The Balaban J connectivity index is 2.16. The van der Waals surface area contributed by atoms with Gasteiger partial charge in [0, 0.05) is 5.69 Å². The maximum atomic E-state index is 12.4. The molecule has 0 aliphatic rings. The number of aryl methyl sites for hydroxylation is 2. The molecule has 2 aromatic carbocycles. The van der Waals surface area contributed by atoms with Gasteiger partial charge in [-0.2, -0.15) is 0 Å². The molecule has 0 aliphatic carbocycles. The van der Waals surface area contributed by atoms with Crippen LogP contribution in [0.2, 0.25) is 0 Å². The predicted molar refractivity (Wildman–Crippen MR) is 105 cm³/mol. The topological polar surface area (TPSA) is 67.4 Å². The van der Waals surface area contributed by atoms with Gasteiger partial charge in [-0.05, 0) is 49.9 Å². The Morgan fingerprint density at radius 3 is 2.04 bits per heavy atom. The van der Waals surface area contributed by atoms with Gasteiger partial charge in [-0.25, -0.2) is 0 Å². The van der Waals surface area contributed by atoms with Crippen LogP contribution < -0.4 is 15.4 Å². The molecule has 0 bridgehead atoms.